The quantitative estimate of drug-likeness (QED) is 0.878. The van der Waals surface area contributed by atoms with Gasteiger partial charge < -0.3 is 15.6 Å². The Bertz CT molecular complexity index is 456. The fourth-order valence-corrected chi connectivity index (χ4v) is 3.58. The summed E-state index contributed by atoms with van der Waals surface area (Å²) in [6.07, 6.45) is 3.68. The molecule has 0 aromatic heterocycles. The van der Waals surface area contributed by atoms with Crippen molar-refractivity contribution in [2.75, 3.05) is 13.7 Å². The number of hydrogen-bond acceptors (Lipinski definition) is 3. The summed E-state index contributed by atoms with van der Waals surface area (Å²) in [5, 5.41) is 10.9. The van der Waals surface area contributed by atoms with Gasteiger partial charge in [-0.25, -0.2) is 0 Å². The maximum Gasteiger partial charge on any atom is 0.119 e. The second-order valence-electron chi connectivity index (χ2n) is 6.04. The van der Waals surface area contributed by atoms with Crippen LogP contribution in [0.5, 0.6) is 5.75 Å². The third-order valence-corrected chi connectivity index (χ3v) is 5.48. The highest BCUT2D eigenvalue weighted by atomic mass is 79.9. The first-order chi connectivity index (χ1) is 9.52. The van der Waals surface area contributed by atoms with E-state index in [1.165, 1.54) is 0 Å². The maximum atomic E-state index is 10.9. The maximum absolute atomic E-state index is 10.9. The van der Waals surface area contributed by atoms with E-state index in [9.17, 15) is 5.11 Å². The molecule has 0 bridgehead atoms. The fourth-order valence-electron chi connectivity index (χ4n) is 3.11. The van der Waals surface area contributed by atoms with Crippen molar-refractivity contribution < 1.29 is 9.84 Å². The molecule has 0 saturated heterocycles. The van der Waals surface area contributed by atoms with Gasteiger partial charge in [0.2, 0.25) is 0 Å². The minimum atomic E-state index is -0.551. The van der Waals surface area contributed by atoms with Gasteiger partial charge in [-0.3, -0.25) is 0 Å². The third-order valence-electron chi connectivity index (χ3n) is 4.75. The Hall–Kier alpha value is -0.580. The minimum absolute atomic E-state index is 0.207. The highest BCUT2D eigenvalue weighted by Gasteiger charge is 2.40. The molecule has 20 heavy (non-hydrogen) atoms. The Morgan fingerprint density at radius 1 is 1.45 bits per heavy atom. The highest BCUT2D eigenvalue weighted by Crippen LogP contribution is 2.48. The van der Waals surface area contributed by atoms with Crippen molar-refractivity contribution in [1.29, 1.82) is 0 Å². The van der Waals surface area contributed by atoms with Crippen molar-refractivity contribution in [1.82, 2.24) is 0 Å². The lowest BCUT2D eigenvalue weighted by atomic mass is 9.66. The summed E-state index contributed by atoms with van der Waals surface area (Å²) in [4.78, 5) is 0. The minimum Gasteiger partial charge on any atom is -0.497 e. The molecular formula is C16H24BrNO2. The first kappa shape index (κ1) is 15.8. The zero-order chi connectivity index (χ0) is 14.8. The summed E-state index contributed by atoms with van der Waals surface area (Å²) < 4.78 is 6.18. The van der Waals surface area contributed by atoms with Gasteiger partial charge in [-0.1, -0.05) is 35.7 Å². The van der Waals surface area contributed by atoms with Crippen LogP contribution in [0.3, 0.4) is 0 Å². The molecule has 3 nitrogen and oxygen atoms in total. The number of nitrogens with two attached hydrogens (primary N) is 1. The normalized spacial score (nSPS) is 28.1. The van der Waals surface area contributed by atoms with Gasteiger partial charge in [-0.05, 0) is 42.5 Å². The summed E-state index contributed by atoms with van der Waals surface area (Å²) >= 11 is 3.54. The number of halogens is 1. The van der Waals surface area contributed by atoms with E-state index in [2.05, 4.69) is 22.9 Å². The molecule has 1 atom stereocenters. The number of aliphatic hydroxyl groups excluding tert-OH is 1. The SMILES string of the molecule is COc1ccc(Br)c(C(O)C2(CN)CCC(C)CC2)c1. The molecule has 0 heterocycles. The molecular weight excluding hydrogens is 318 g/mol. The molecule has 1 unspecified atom stereocenters. The second-order valence-corrected chi connectivity index (χ2v) is 6.89. The van der Waals surface area contributed by atoms with Crippen LogP contribution in [0.25, 0.3) is 0 Å². The smallest absolute Gasteiger partial charge is 0.119 e. The highest BCUT2D eigenvalue weighted by molar-refractivity contribution is 9.10. The monoisotopic (exact) mass is 341 g/mol. The van der Waals surface area contributed by atoms with Crippen LogP contribution in [0.1, 0.15) is 44.3 Å². The Labute approximate surface area is 129 Å². The topological polar surface area (TPSA) is 55.5 Å². The van der Waals surface area contributed by atoms with Crippen molar-refractivity contribution in [3.8, 4) is 5.75 Å². The van der Waals surface area contributed by atoms with Crippen molar-refractivity contribution in [3.05, 3.63) is 28.2 Å². The number of rotatable bonds is 4. The van der Waals surface area contributed by atoms with Crippen LogP contribution < -0.4 is 10.5 Å². The lowest BCUT2D eigenvalue weighted by Gasteiger charge is -2.42. The lowest BCUT2D eigenvalue weighted by molar-refractivity contribution is -0.00872. The Balaban J connectivity index is 2.30. The van der Waals surface area contributed by atoms with Crippen LogP contribution in [0.4, 0.5) is 0 Å². The average molecular weight is 342 g/mol. The average Bonchev–Trinajstić information content (AvgIpc) is 2.48. The molecule has 1 aromatic rings. The molecule has 3 N–H and O–H groups in total. The van der Waals surface area contributed by atoms with Crippen LogP contribution in [-0.2, 0) is 0 Å². The lowest BCUT2D eigenvalue weighted by Crippen LogP contribution is -2.40. The van der Waals surface area contributed by atoms with E-state index in [4.69, 9.17) is 10.5 Å². The van der Waals surface area contributed by atoms with Gasteiger partial charge in [0, 0.05) is 16.4 Å². The summed E-state index contributed by atoms with van der Waals surface area (Å²) in [6.45, 7) is 2.79. The van der Waals surface area contributed by atoms with Crippen LogP contribution in [0, 0.1) is 11.3 Å². The molecule has 0 radical (unpaired) electrons. The molecule has 1 aromatic carbocycles. The van der Waals surface area contributed by atoms with E-state index in [0.29, 0.717) is 6.54 Å². The number of hydrogen-bond donors (Lipinski definition) is 2. The van der Waals surface area contributed by atoms with Crippen LogP contribution in [0.2, 0.25) is 0 Å². The van der Waals surface area contributed by atoms with Gasteiger partial charge in [-0.15, -0.1) is 0 Å². The van der Waals surface area contributed by atoms with Gasteiger partial charge in [0.1, 0.15) is 5.75 Å². The van der Waals surface area contributed by atoms with Gasteiger partial charge in [0.15, 0.2) is 0 Å². The van der Waals surface area contributed by atoms with E-state index in [0.717, 1.165) is 47.4 Å². The molecule has 112 valence electrons. The van der Waals surface area contributed by atoms with Gasteiger partial charge >= 0.3 is 0 Å². The van der Waals surface area contributed by atoms with Crippen LogP contribution >= 0.6 is 15.9 Å². The van der Waals surface area contributed by atoms with Gasteiger partial charge in [0.05, 0.1) is 13.2 Å². The van der Waals surface area contributed by atoms with Gasteiger partial charge in [-0.2, -0.15) is 0 Å². The Morgan fingerprint density at radius 3 is 2.65 bits per heavy atom. The fraction of sp³-hybridized carbons (Fsp3) is 0.625. The van der Waals surface area contributed by atoms with Crippen molar-refractivity contribution in [2.24, 2.45) is 17.1 Å². The van der Waals surface area contributed by atoms with Crippen LogP contribution in [0.15, 0.2) is 22.7 Å². The second kappa shape index (κ2) is 6.46. The molecule has 1 saturated carbocycles. The van der Waals surface area contributed by atoms with Crippen LogP contribution in [-0.4, -0.2) is 18.8 Å². The summed E-state index contributed by atoms with van der Waals surface area (Å²) in [7, 11) is 1.64. The predicted molar refractivity (Wildman–Crippen MR) is 84.8 cm³/mol. The molecule has 0 amide bonds. The first-order valence-electron chi connectivity index (χ1n) is 7.24. The summed E-state index contributed by atoms with van der Waals surface area (Å²) in [6, 6.07) is 5.72. The number of aliphatic hydroxyl groups is 1. The molecule has 0 aliphatic heterocycles. The number of benzene rings is 1. The molecule has 2 rings (SSSR count). The van der Waals surface area contributed by atoms with Gasteiger partial charge in [0.25, 0.3) is 0 Å². The van der Waals surface area contributed by atoms with Crippen molar-refractivity contribution in [2.45, 2.75) is 38.7 Å². The van der Waals surface area contributed by atoms with E-state index in [1.54, 1.807) is 7.11 Å². The standard InChI is InChI=1S/C16H24BrNO2/c1-11-5-7-16(10-18,8-6-11)15(19)13-9-12(20-2)3-4-14(13)17/h3-4,9,11,15,19H,5-8,10,18H2,1-2H3. The molecule has 0 spiro atoms. The zero-order valence-corrected chi connectivity index (χ0v) is 13.8. The Kier molecular flexibility index (Phi) is 5.10. The number of methoxy groups -OCH3 is 1. The largest absolute Gasteiger partial charge is 0.497 e. The van der Waals surface area contributed by atoms with E-state index in [-0.39, 0.29) is 5.41 Å². The zero-order valence-electron chi connectivity index (χ0n) is 12.2. The molecule has 1 aliphatic rings. The first-order valence-corrected chi connectivity index (χ1v) is 8.03. The molecule has 1 fully saturated rings. The number of ether oxygens (including phenoxy) is 1. The summed E-state index contributed by atoms with van der Waals surface area (Å²) in [5.41, 5.74) is 6.71. The predicted octanol–water partition coefficient (Wildman–Crippen LogP) is 3.65. The van der Waals surface area contributed by atoms with E-state index >= 15 is 0 Å². The Morgan fingerprint density at radius 2 is 2.10 bits per heavy atom. The van der Waals surface area contributed by atoms with Crippen molar-refractivity contribution >= 4 is 15.9 Å². The van der Waals surface area contributed by atoms with E-state index in [1.807, 2.05) is 18.2 Å². The van der Waals surface area contributed by atoms with E-state index < -0.39 is 6.10 Å². The molecule has 4 heteroatoms. The van der Waals surface area contributed by atoms with Crippen molar-refractivity contribution in [3.63, 3.8) is 0 Å². The third kappa shape index (κ3) is 3.02. The summed E-state index contributed by atoms with van der Waals surface area (Å²) in [5.74, 6) is 1.49. The molecule has 1 aliphatic carbocycles.